The highest BCUT2D eigenvalue weighted by molar-refractivity contribution is 7.80. The smallest absolute Gasteiger partial charge is 0.171 e. The summed E-state index contributed by atoms with van der Waals surface area (Å²) >= 11 is 11.3. The van der Waals surface area contributed by atoms with E-state index < -0.39 is 0 Å². The Kier molecular flexibility index (Phi) is 3.44. The average molecular weight is 281 g/mol. The minimum absolute atomic E-state index is 0.572. The molecule has 2 aliphatic carbocycles. The summed E-state index contributed by atoms with van der Waals surface area (Å²) in [7, 11) is 0. The molecule has 96 valence electrons. The molecule has 1 aromatic rings. The predicted octanol–water partition coefficient (Wildman–Crippen LogP) is 3.82. The third-order valence-electron chi connectivity index (χ3n) is 4.14. The van der Waals surface area contributed by atoms with E-state index in [1.807, 2.05) is 24.3 Å². The van der Waals surface area contributed by atoms with Crippen LogP contribution in [0, 0.1) is 11.8 Å². The second-order valence-electron chi connectivity index (χ2n) is 5.39. The molecule has 2 nitrogen and oxygen atoms in total. The predicted molar refractivity (Wildman–Crippen MR) is 80.0 cm³/mol. The van der Waals surface area contributed by atoms with Crippen molar-refractivity contribution in [2.75, 3.05) is 5.32 Å². The number of thiocarbonyl (C=S) groups is 1. The minimum Gasteiger partial charge on any atom is -0.359 e. The molecule has 0 aromatic heterocycles. The summed E-state index contributed by atoms with van der Waals surface area (Å²) in [5.41, 5.74) is 0.947. The van der Waals surface area contributed by atoms with Crippen molar-refractivity contribution in [3.05, 3.63) is 29.3 Å². The van der Waals surface area contributed by atoms with Crippen LogP contribution in [-0.2, 0) is 0 Å². The van der Waals surface area contributed by atoms with Crippen LogP contribution in [0.25, 0.3) is 0 Å². The lowest BCUT2D eigenvalue weighted by Gasteiger charge is -2.24. The summed E-state index contributed by atoms with van der Waals surface area (Å²) in [6.07, 6.45) is 5.44. The third-order valence-corrected chi connectivity index (χ3v) is 4.59. The van der Waals surface area contributed by atoms with Gasteiger partial charge in [-0.3, -0.25) is 0 Å². The van der Waals surface area contributed by atoms with Crippen molar-refractivity contribution < 1.29 is 0 Å². The molecule has 0 spiro atoms. The van der Waals surface area contributed by atoms with Crippen molar-refractivity contribution in [2.45, 2.75) is 31.7 Å². The van der Waals surface area contributed by atoms with Crippen LogP contribution in [0.1, 0.15) is 25.7 Å². The van der Waals surface area contributed by atoms with Gasteiger partial charge in [0.2, 0.25) is 0 Å². The van der Waals surface area contributed by atoms with Gasteiger partial charge >= 0.3 is 0 Å². The number of hydrogen-bond donors (Lipinski definition) is 2. The van der Waals surface area contributed by atoms with Crippen molar-refractivity contribution in [3.63, 3.8) is 0 Å². The molecule has 1 aromatic carbocycles. The van der Waals surface area contributed by atoms with Gasteiger partial charge in [-0.1, -0.05) is 24.1 Å². The Hall–Kier alpha value is -0.800. The zero-order valence-corrected chi connectivity index (χ0v) is 11.7. The molecule has 2 fully saturated rings. The Morgan fingerprint density at radius 2 is 2.17 bits per heavy atom. The lowest BCUT2D eigenvalue weighted by atomic mass is 9.96. The topological polar surface area (TPSA) is 24.1 Å². The first-order valence-electron chi connectivity index (χ1n) is 6.54. The van der Waals surface area contributed by atoms with Gasteiger partial charge in [0, 0.05) is 16.8 Å². The molecule has 3 atom stereocenters. The number of halogens is 1. The Morgan fingerprint density at radius 1 is 1.28 bits per heavy atom. The van der Waals surface area contributed by atoms with Gasteiger partial charge in [0.25, 0.3) is 0 Å². The van der Waals surface area contributed by atoms with E-state index in [2.05, 4.69) is 10.6 Å². The molecular weight excluding hydrogens is 264 g/mol. The van der Waals surface area contributed by atoms with Gasteiger partial charge in [0.15, 0.2) is 5.11 Å². The summed E-state index contributed by atoms with van der Waals surface area (Å²) in [6.45, 7) is 0. The number of anilines is 1. The molecule has 2 saturated carbocycles. The monoisotopic (exact) mass is 280 g/mol. The minimum atomic E-state index is 0.572. The molecular formula is C14H17ClN2S. The first kappa shape index (κ1) is 12.2. The number of benzene rings is 1. The normalized spacial score (nSPS) is 29.3. The SMILES string of the molecule is S=C(Nc1cccc(Cl)c1)N[C@@H]1C[C@H]2CC[C@@H]1C2. The van der Waals surface area contributed by atoms with E-state index in [-0.39, 0.29) is 0 Å². The largest absolute Gasteiger partial charge is 0.359 e. The van der Waals surface area contributed by atoms with Crippen molar-refractivity contribution >= 4 is 34.6 Å². The second kappa shape index (κ2) is 5.06. The van der Waals surface area contributed by atoms with E-state index in [0.717, 1.165) is 27.7 Å². The lowest BCUT2D eigenvalue weighted by Crippen LogP contribution is -2.40. The van der Waals surface area contributed by atoms with E-state index in [4.69, 9.17) is 23.8 Å². The molecule has 0 saturated heterocycles. The number of nitrogens with one attached hydrogen (secondary N) is 2. The maximum Gasteiger partial charge on any atom is 0.171 e. The van der Waals surface area contributed by atoms with E-state index in [0.29, 0.717) is 6.04 Å². The maximum atomic E-state index is 5.95. The Morgan fingerprint density at radius 3 is 2.83 bits per heavy atom. The average Bonchev–Trinajstić information content (AvgIpc) is 2.90. The summed E-state index contributed by atoms with van der Waals surface area (Å²) in [5.74, 6) is 1.76. The van der Waals surface area contributed by atoms with Crippen LogP contribution < -0.4 is 10.6 Å². The zero-order chi connectivity index (χ0) is 12.5. The Bertz CT molecular complexity index is 463. The van der Waals surface area contributed by atoms with Crippen LogP contribution >= 0.6 is 23.8 Å². The van der Waals surface area contributed by atoms with Crippen LogP contribution in [0.5, 0.6) is 0 Å². The summed E-state index contributed by atoms with van der Waals surface area (Å²) in [4.78, 5) is 0. The maximum absolute atomic E-state index is 5.95. The van der Waals surface area contributed by atoms with Crippen LogP contribution in [0.4, 0.5) is 5.69 Å². The fourth-order valence-corrected chi connectivity index (χ4v) is 3.78. The van der Waals surface area contributed by atoms with Gasteiger partial charge in [0.1, 0.15) is 0 Å². The van der Waals surface area contributed by atoms with Crippen molar-refractivity contribution in [1.82, 2.24) is 5.32 Å². The van der Waals surface area contributed by atoms with E-state index in [1.165, 1.54) is 25.7 Å². The first-order chi connectivity index (χ1) is 8.70. The number of rotatable bonds is 2. The molecule has 2 bridgehead atoms. The van der Waals surface area contributed by atoms with Gasteiger partial charge in [0.05, 0.1) is 0 Å². The van der Waals surface area contributed by atoms with Gasteiger partial charge < -0.3 is 10.6 Å². The highest BCUT2D eigenvalue weighted by Crippen LogP contribution is 2.44. The fourth-order valence-electron chi connectivity index (χ4n) is 3.32. The van der Waals surface area contributed by atoms with E-state index >= 15 is 0 Å². The third kappa shape index (κ3) is 2.62. The van der Waals surface area contributed by atoms with E-state index in [9.17, 15) is 0 Å². The lowest BCUT2D eigenvalue weighted by molar-refractivity contribution is 0.392. The second-order valence-corrected chi connectivity index (χ2v) is 6.23. The molecule has 0 heterocycles. The number of hydrogen-bond acceptors (Lipinski definition) is 1. The number of fused-ring (bicyclic) bond motifs is 2. The Labute approximate surface area is 118 Å². The van der Waals surface area contributed by atoms with Crippen molar-refractivity contribution in [1.29, 1.82) is 0 Å². The zero-order valence-electron chi connectivity index (χ0n) is 10.2. The molecule has 3 rings (SSSR count). The van der Waals surface area contributed by atoms with Crippen molar-refractivity contribution in [3.8, 4) is 0 Å². The van der Waals surface area contributed by atoms with Crippen LogP contribution in [0.15, 0.2) is 24.3 Å². The summed E-state index contributed by atoms with van der Waals surface area (Å²) in [6, 6.07) is 8.21. The van der Waals surface area contributed by atoms with Gasteiger partial charge in [-0.25, -0.2) is 0 Å². The molecule has 2 aliphatic rings. The summed E-state index contributed by atoms with van der Waals surface area (Å²) in [5, 5.41) is 8.10. The van der Waals surface area contributed by atoms with Gasteiger partial charge in [-0.2, -0.15) is 0 Å². The quantitative estimate of drug-likeness (QED) is 0.806. The molecule has 0 amide bonds. The Balaban J connectivity index is 1.56. The molecule has 0 unspecified atom stereocenters. The highest BCUT2D eigenvalue weighted by Gasteiger charge is 2.39. The molecule has 0 radical (unpaired) electrons. The van der Waals surface area contributed by atoms with Crippen LogP contribution in [0.3, 0.4) is 0 Å². The molecule has 2 N–H and O–H groups in total. The van der Waals surface area contributed by atoms with Crippen LogP contribution in [0.2, 0.25) is 5.02 Å². The molecule has 18 heavy (non-hydrogen) atoms. The van der Waals surface area contributed by atoms with Crippen molar-refractivity contribution in [2.24, 2.45) is 11.8 Å². The van der Waals surface area contributed by atoms with Crippen LogP contribution in [-0.4, -0.2) is 11.2 Å². The first-order valence-corrected chi connectivity index (χ1v) is 7.32. The van der Waals surface area contributed by atoms with Gasteiger partial charge in [-0.05, 0) is 61.5 Å². The van der Waals surface area contributed by atoms with Gasteiger partial charge in [-0.15, -0.1) is 0 Å². The molecule has 4 heteroatoms. The highest BCUT2D eigenvalue weighted by atomic mass is 35.5. The summed E-state index contributed by atoms with van der Waals surface area (Å²) < 4.78 is 0. The standard InChI is InChI=1S/C14H17ClN2S/c15-11-2-1-3-12(8-11)16-14(18)17-13-7-9-4-5-10(13)6-9/h1-3,8-10,13H,4-7H2,(H2,16,17,18)/t9-,10+,13+/m0/s1. The van der Waals surface area contributed by atoms with E-state index in [1.54, 1.807) is 0 Å². The fraction of sp³-hybridized carbons (Fsp3) is 0.500. The molecule has 0 aliphatic heterocycles.